The topological polar surface area (TPSA) is 266 Å². The zero-order chi connectivity index (χ0) is 23.7. The third-order valence-electron chi connectivity index (χ3n) is 5.95. The van der Waals surface area contributed by atoms with Gasteiger partial charge in [-0.2, -0.15) is 0 Å². The van der Waals surface area contributed by atoms with Crippen LogP contribution in [0.15, 0.2) is 0 Å². The molecular weight excluding hydrogens is 438 g/mol. The van der Waals surface area contributed by atoms with Crippen LogP contribution in [0, 0.1) is 0 Å². The van der Waals surface area contributed by atoms with Crippen molar-refractivity contribution in [1.82, 2.24) is 0 Å². The van der Waals surface area contributed by atoms with Gasteiger partial charge < -0.3 is 76.6 Å². The van der Waals surface area contributed by atoms with E-state index >= 15 is 0 Å². The van der Waals surface area contributed by atoms with Gasteiger partial charge >= 0.3 is 0 Å². The molecule has 0 saturated carbocycles. The molecule has 3 aliphatic heterocycles. The molecule has 3 aliphatic rings. The molecule has 0 amide bonds. The Morgan fingerprint density at radius 1 is 0.625 bits per heavy atom. The van der Waals surface area contributed by atoms with E-state index in [1.165, 1.54) is 0 Å². The Bertz CT molecular complexity index is 605. The molecule has 0 unspecified atom stereocenters. The highest BCUT2D eigenvalue weighted by Gasteiger charge is 2.53. The number of rotatable bonds is 7. The van der Waals surface area contributed by atoms with Gasteiger partial charge in [0, 0.05) is 6.54 Å². The maximum atomic E-state index is 10.2. The summed E-state index contributed by atoms with van der Waals surface area (Å²) in [4.78, 5) is 0. The molecule has 13 N–H and O–H groups in total. The third-order valence-corrected chi connectivity index (χ3v) is 5.95. The average Bonchev–Trinajstić information content (AvgIpc) is 3.06. The summed E-state index contributed by atoms with van der Waals surface area (Å²) in [6, 6.07) is -2.50. The molecule has 32 heavy (non-hydrogen) atoms. The number of aliphatic hydroxyl groups excluding tert-OH is 7. The number of ether oxygens (including phenoxy) is 5. The first-order valence-electron chi connectivity index (χ1n) is 10.2. The van der Waals surface area contributed by atoms with Gasteiger partial charge in [-0.05, 0) is 0 Å². The lowest BCUT2D eigenvalue weighted by Crippen LogP contribution is -2.68. The number of nitrogens with two attached hydrogens (primary N) is 3. The second-order valence-corrected chi connectivity index (χ2v) is 8.07. The van der Waals surface area contributed by atoms with Gasteiger partial charge in [0.25, 0.3) is 0 Å². The predicted octanol–water partition coefficient (Wildman–Crippen LogP) is -7.03. The summed E-state index contributed by atoms with van der Waals surface area (Å²) in [5.74, 6) is 0. The second-order valence-electron chi connectivity index (χ2n) is 8.07. The molecule has 3 saturated heterocycles. The summed E-state index contributed by atoms with van der Waals surface area (Å²) < 4.78 is 27.6. The molecule has 15 heteroatoms. The quantitative estimate of drug-likeness (QED) is 0.165. The summed E-state index contributed by atoms with van der Waals surface area (Å²) >= 11 is 0. The smallest absolute Gasteiger partial charge is 0.187 e. The van der Waals surface area contributed by atoms with Gasteiger partial charge in [0.05, 0.1) is 25.3 Å². The third kappa shape index (κ3) is 4.92. The van der Waals surface area contributed by atoms with Crippen molar-refractivity contribution in [2.75, 3.05) is 19.8 Å². The van der Waals surface area contributed by atoms with E-state index in [4.69, 9.17) is 40.9 Å². The van der Waals surface area contributed by atoms with Gasteiger partial charge in [-0.1, -0.05) is 0 Å². The van der Waals surface area contributed by atoms with E-state index in [0.717, 1.165) is 0 Å². The van der Waals surface area contributed by atoms with Crippen LogP contribution in [-0.4, -0.2) is 141 Å². The molecule has 0 radical (unpaired) electrons. The Morgan fingerprint density at radius 2 is 1.19 bits per heavy atom. The Labute approximate surface area is 183 Å². The van der Waals surface area contributed by atoms with Crippen molar-refractivity contribution < 1.29 is 59.4 Å². The van der Waals surface area contributed by atoms with Crippen LogP contribution in [-0.2, 0) is 23.7 Å². The molecule has 188 valence electrons. The SMILES string of the molecule is NC[C@H]1O[C@H](O[C@@H]2[C@@H](N)[C@H](O)O[C@H](CO)[C@H]2O[C@@H]2O[C@H](CO)[C@@H](O)[C@H]2O)[C@H](N)[C@@H](O)[C@@H]1O. The molecule has 0 aliphatic carbocycles. The van der Waals surface area contributed by atoms with Crippen molar-refractivity contribution in [2.45, 2.75) is 85.9 Å². The van der Waals surface area contributed by atoms with Crippen molar-refractivity contribution in [3.63, 3.8) is 0 Å². The maximum absolute atomic E-state index is 10.2. The molecule has 0 aromatic rings. The minimum atomic E-state index is -1.59. The molecule has 0 bridgehead atoms. The first-order valence-corrected chi connectivity index (χ1v) is 10.2. The molecule has 0 aromatic heterocycles. The van der Waals surface area contributed by atoms with E-state index in [0.29, 0.717) is 0 Å². The highest BCUT2D eigenvalue weighted by molar-refractivity contribution is 4.98. The van der Waals surface area contributed by atoms with Gasteiger partial charge in [0.1, 0.15) is 54.9 Å². The van der Waals surface area contributed by atoms with Gasteiger partial charge in [-0.3, -0.25) is 0 Å². The Kier molecular flexibility index (Phi) is 8.75. The van der Waals surface area contributed by atoms with Gasteiger partial charge in [-0.25, -0.2) is 0 Å². The first-order chi connectivity index (χ1) is 15.1. The minimum Gasteiger partial charge on any atom is -0.394 e. The molecule has 0 spiro atoms. The normalized spacial score (nSPS) is 52.3. The van der Waals surface area contributed by atoms with Crippen molar-refractivity contribution in [3.8, 4) is 0 Å². The van der Waals surface area contributed by atoms with Crippen molar-refractivity contribution >= 4 is 0 Å². The van der Waals surface area contributed by atoms with Gasteiger partial charge in [-0.15, -0.1) is 0 Å². The maximum Gasteiger partial charge on any atom is 0.187 e. The van der Waals surface area contributed by atoms with Crippen LogP contribution in [0.3, 0.4) is 0 Å². The molecule has 0 aromatic carbocycles. The Morgan fingerprint density at radius 3 is 1.75 bits per heavy atom. The fourth-order valence-electron chi connectivity index (χ4n) is 3.98. The fraction of sp³-hybridized carbons (Fsp3) is 1.00. The number of aliphatic hydroxyl groups is 7. The van der Waals surface area contributed by atoms with E-state index in [-0.39, 0.29) is 6.54 Å². The van der Waals surface area contributed by atoms with E-state index in [1.807, 2.05) is 0 Å². The van der Waals surface area contributed by atoms with E-state index in [9.17, 15) is 35.7 Å². The van der Waals surface area contributed by atoms with Crippen molar-refractivity contribution in [2.24, 2.45) is 17.2 Å². The van der Waals surface area contributed by atoms with Crippen LogP contribution in [0.4, 0.5) is 0 Å². The molecule has 3 fully saturated rings. The van der Waals surface area contributed by atoms with Gasteiger partial charge in [0.15, 0.2) is 18.9 Å². The molecule has 3 rings (SSSR count). The highest BCUT2D eigenvalue weighted by Crippen LogP contribution is 2.32. The lowest BCUT2D eigenvalue weighted by molar-refractivity contribution is -0.337. The lowest BCUT2D eigenvalue weighted by atomic mass is 9.95. The van der Waals surface area contributed by atoms with E-state index < -0.39 is 99.1 Å². The summed E-state index contributed by atoms with van der Waals surface area (Å²) in [6.45, 7) is -1.41. The fourth-order valence-corrected chi connectivity index (χ4v) is 3.98. The minimum absolute atomic E-state index is 0.158. The monoisotopic (exact) mass is 471 g/mol. The number of hydrogen-bond donors (Lipinski definition) is 10. The van der Waals surface area contributed by atoms with Crippen LogP contribution in [0.25, 0.3) is 0 Å². The summed E-state index contributed by atoms with van der Waals surface area (Å²) in [5, 5.41) is 69.5. The zero-order valence-electron chi connectivity index (χ0n) is 17.1. The first kappa shape index (κ1) is 26.0. The Balaban J connectivity index is 1.81. The van der Waals surface area contributed by atoms with Crippen LogP contribution >= 0.6 is 0 Å². The van der Waals surface area contributed by atoms with Crippen LogP contribution < -0.4 is 17.2 Å². The van der Waals surface area contributed by atoms with Crippen LogP contribution in [0.1, 0.15) is 0 Å². The zero-order valence-corrected chi connectivity index (χ0v) is 17.1. The van der Waals surface area contributed by atoms with Crippen LogP contribution in [0.2, 0.25) is 0 Å². The lowest BCUT2D eigenvalue weighted by Gasteiger charge is -2.47. The molecule has 3 heterocycles. The molecule has 15 nitrogen and oxygen atoms in total. The average molecular weight is 471 g/mol. The van der Waals surface area contributed by atoms with Crippen molar-refractivity contribution in [1.29, 1.82) is 0 Å². The summed E-state index contributed by atoms with van der Waals surface area (Å²) in [5.41, 5.74) is 17.5. The Hall–Kier alpha value is -0.600. The summed E-state index contributed by atoms with van der Waals surface area (Å²) in [7, 11) is 0. The standard InChI is InChI=1S/C17H33N3O12/c18-1-4-9(23)11(25)7(19)16(29-4)32-14-8(20)15(27)28-6(3-22)13(14)31-17-12(26)10(24)5(2-21)30-17/h4-17,21-27H,1-3,18-20H2/t4-,5-,6-,7-,8-,9-,10-,11-,12-,13-,14-,15-,16-,17+/m1/s1. The predicted molar refractivity (Wildman–Crippen MR) is 101 cm³/mol. The highest BCUT2D eigenvalue weighted by atomic mass is 16.7. The van der Waals surface area contributed by atoms with Crippen molar-refractivity contribution in [3.05, 3.63) is 0 Å². The van der Waals surface area contributed by atoms with Crippen LogP contribution in [0.5, 0.6) is 0 Å². The molecular formula is C17H33N3O12. The van der Waals surface area contributed by atoms with Gasteiger partial charge in [0.2, 0.25) is 0 Å². The number of hydrogen-bond acceptors (Lipinski definition) is 15. The van der Waals surface area contributed by atoms with E-state index in [1.54, 1.807) is 0 Å². The summed E-state index contributed by atoms with van der Waals surface area (Å²) in [6.07, 6.45) is -16.1. The second kappa shape index (κ2) is 10.8. The van der Waals surface area contributed by atoms with E-state index in [2.05, 4.69) is 0 Å². The molecule has 14 atom stereocenters. The largest absolute Gasteiger partial charge is 0.394 e.